The van der Waals surface area contributed by atoms with Gasteiger partial charge in [0.15, 0.2) is 5.03 Å². The van der Waals surface area contributed by atoms with Crippen molar-refractivity contribution < 1.29 is 23.4 Å². The van der Waals surface area contributed by atoms with E-state index >= 15 is 0 Å². The van der Waals surface area contributed by atoms with Crippen LogP contribution in [0.3, 0.4) is 0 Å². The number of aromatic carboxylic acids is 1. The number of carboxylic acids is 1. The number of anilines is 1. The first-order valence-electron chi connectivity index (χ1n) is 4.97. The Bertz CT molecular complexity index is 709. The number of H-pyrrole nitrogens is 1. The van der Waals surface area contributed by atoms with E-state index < -0.39 is 16.0 Å². The first-order valence-corrected chi connectivity index (χ1v) is 6.46. The number of imidazole rings is 1. The van der Waals surface area contributed by atoms with Crippen LogP contribution in [0.15, 0.2) is 35.7 Å². The number of sulfonamides is 1. The molecule has 0 fully saturated rings. The summed E-state index contributed by atoms with van der Waals surface area (Å²) >= 11 is 0. The summed E-state index contributed by atoms with van der Waals surface area (Å²) in [6.45, 7) is 0. The van der Waals surface area contributed by atoms with Crippen molar-refractivity contribution in [1.29, 1.82) is 0 Å². The van der Waals surface area contributed by atoms with Crippen molar-refractivity contribution in [3.05, 3.63) is 36.3 Å². The van der Waals surface area contributed by atoms with Crippen LogP contribution in [-0.4, -0.2) is 34.6 Å². The van der Waals surface area contributed by atoms with E-state index in [4.69, 9.17) is 5.11 Å². The Balaban J connectivity index is 2.39. The van der Waals surface area contributed by atoms with E-state index in [0.29, 0.717) is 0 Å². The highest BCUT2D eigenvalue weighted by Gasteiger charge is 2.18. The first kappa shape index (κ1) is 12.9. The molecule has 0 aliphatic heterocycles. The van der Waals surface area contributed by atoms with Crippen molar-refractivity contribution in [2.45, 2.75) is 5.03 Å². The summed E-state index contributed by atoms with van der Waals surface area (Å²) < 4.78 is 25.8. The number of aromatic nitrogens is 2. The summed E-state index contributed by atoms with van der Waals surface area (Å²) in [4.78, 5) is 16.7. The SMILES string of the molecule is O=C(O)c1ccc(O)c(NS(=O)(=O)c2cnc[nH]2)c1. The third-order valence-electron chi connectivity index (χ3n) is 2.25. The van der Waals surface area contributed by atoms with Crippen LogP contribution in [-0.2, 0) is 10.0 Å². The van der Waals surface area contributed by atoms with Gasteiger partial charge in [-0.2, -0.15) is 8.42 Å². The van der Waals surface area contributed by atoms with Crippen LogP contribution in [0.5, 0.6) is 5.75 Å². The van der Waals surface area contributed by atoms with Gasteiger partial charge < -0.3 is 15.2 Å². The molecule has 0 spiro atoms. The molecule has 0 saturated carbocycles. The second kappa shape index (κ2) is 4.61. The summed E-state index contributed by atoms with van der Waals surface area (Å²) in [6, 6.07) is 3.27. The Hall–Kier alpha value is -2.55. The number of carboxylic acid groups (broad SMARTS) is 1. The fourth-order valence-corrected chi connectivity index (χ4v) is 2.31. The maximum Gasteiger partial charge on any atom is 0.335 e. The van der Waals surface area contributed by atoms with Crippen LogP contribution < -0.4 is 4.72 Å². The van der Waals surface area contributed by atoms with Crippen LogP contribution in [0.4, 0.5) is 5.69 Å². The molecule has 0 saturated heterocycles. The fraction of sp³-hybridized carbons (Fsp3) is 0. The Morgan fingerprint density at radius 1 is 1.37 bits per heavy atom. The monoisotopic (exact) mass is 283 g/mol. The van der Waals surface area contributed by atoms with E-state index in [1.165, 1.54) is 6.33 Å². The molecule has 0 aliphatic carbocycles. The van der Waals surface area contributed by atoms with Gasteiger partial charge in [-0.25, -0.2) is 9.78 Å². The van der Waals surface area contributed by atoms with E-state index in [0.717, 1.165) is 24.4 Å². The lowest BCUT2D eigenvalue weighted by molar-refractivity contribution is 0.0697. The van der Waals surface area contributed by atoms with Gasteiger partial charge in [0, 0.05) is 0 Å². The zero-order chi connectivity index (χ0) is 14.0. The molecule has 8 nitrogen and oxygen atoms in total. The van der Waals surface area contributed by atoms with Gasteiger partial charge in [0.25, 0.3) is 10.0 Å². The second-order valence-electron chi connectivity index (χ2n) is 3.56. The van der Waals surface area contributed by atoms with Crippen LogP contribution in [0.1, 0.15) is 10.4 Å². The largest absolute Gasteiger partial charge is 0.506 e. The van der Waals surface area contributed by atoms with Crippen molar-refractivity contribution in [2.24, 2.45) is 0 Å². The number of hydrogen-bond acceptors (Lipinski definition) is 5. The number of carbonyl (C=O) groups is 1. The predicted octanol–water partition coefficient (Wildman–Crippen LogP) is 0.614. The Morgan fingerprint density at radius 3 is 2.68 bits per heavy atom. The number of hydrogen-bond donors (Lipinski definition) is 4. The van der Waals surface area contributed by atoms with Gasteiger partial charge in [-0.15, -0.1) is 0 Å². The van der Waals surface area contributed by atoms with E-state index in [9.17, 15) is 18.3 Å². The molecule has 1 aromatic heterocycles. The molecular weight excluding hydrogens is 274 g/mol. The molecule has 0 bridgehead atoms. The Morgan fingerprint density at radius 2 is 2.11 bits per heavy atom. The summed E-state index contributed by atoms with van der Waals surface area (Å²) in [5.74, 6) is -1.62. The van der Waals surface area contributed by atoms with Gasteiger partial charge in [-0.05, 0) is 18.2 Å². The molecule has 2 aromatic rings. The molecule has 100 valence electrons. The van der Waals surface area contributed by atoms with Crippen LogP contribution in [0.2, 0.25) is 0 Å². The van der Waals surface area contributed by atoms with Crippen molar-refractivity contribution in [3.63, 3.8) is 0 Å². The molecule has 0 atom stereocenters. The van der Waals surface area contributed by atoms with Crippen molar-refractivity contribution in [3.8, 4) is 5.75 Å². The number of benzene rings is 1. The van der Waals surface area contributed by atoms with E-state index in [1.54, 1.807) is 0 Å². The highest BCUT2D eigenvalue weighted by molar-refractivity contribution is 7.92. The minimum absolute atomic E-state index is 0.153. The summed E-state index contributed by atoms with van der Waals surface area (Å²) in [7, 11) is -3.96. The molecule has 9 heteroatoms. The van der Waals surface area contributed by atoms with E-state index in [2.05, 4.69) is 14.7 Å². The van der Waals surface area contributed by atoms with Gasteiger partial charge in [-0.3, -0.25) is 4.72 Å². The molecule has 19 heavy (non-hydrogen) atoms. The number of nitrogens with zero attached hydrogens (tertiary/aromatic N) is 1. The van der Waals surface area contributed by atoms with Crippen LogP contribution >= 0.6 is 0 Å². The lowest BCUT2D eigenvalue weighted by Crippen LogP contribution is -2.14. The lowest BCUT2D eigenvalue weighted by Gasteiger charge is -2.08. The zero-order valence-corrected chi connectivity index (χ0v) is 10.2. The molecule has 0 radical (unpaired) electrons. The number of nitrogens with one attached hydrogen (secondary N) is 2. The molecule has 1 heterocycles. The van der Waals surface area contributed by atoms with Gasteiger partial charge in [0.05, 0.1) is 23.8 Å². The highest BCUT2D eigenvalue weighted by atomic mass is 32.2. The Labute approximate surface area is 107 Å². The summed E-state index contributed by atoms with van der Waals surface area (Å²) in [6.07, 6.45) is 2.27. The molecule has 0 amide bonds. The fourth-order valence-electron chi connectivity index (χ4n) is 1.34. The molecular formula is C10H9N3O5S. The van der Waals surface area contributed by atoms with Crippen molar-refractivity contribution >= 4 is 21.7 Å². The Kier molecular flexibility index (Phi) is 3.13. The summed E-state index contributed by atoms with van der Waals surface area (Å²) in [5, 5.41) is 18.1. The number of phenols is 1. The second-order valence-corrected chi connectivity index (χ2v) is 5.21. The molecule has 0 unspecified atom stereocenters. The molecule has 2 rings (SSSR count). The molecule has 1 aromatic carbocycles. The lowest BCUT2D eigenvalue weighted by atomic mass is 10.2. The molecule has 0 aliphatic rings. The normalized spacial score (nSPS) is 11.2. The molecule has 4 N–H and O–H groups in total. The zero-order valence-electron chi connectivity index (χ0n) is 9.36. The average Bonchev–Trinajstić information content (AvgIpc) is 2.85. The number of aromatic amines is 1. The van der Waals surface area contributed by atoms with E-state index in [-0.39, 0.29) is 22.0 Å². The van der Waals surface area contributed by atoms with Gasteiger partial charge >= 0.3 is 5.97 Å². The maximum absolute atomic E-state index is 11.9. The van der Waals surface area contributed by atoms with Gasteiger partial charge in [-0.1, -0.05) is 0 Å². The standard InChI is InChI=1S/C10H9N3O5S/c14-8-2-1-6(10(15)16)3-7(8)13-19(17,18)9-4-11-5-12-9/h1-5,13-14H,(H,11,12)(H,15,16). The number of aromatic hydroxyl groups is 1. The minimum atomic E-state index is -3.96. The highest BCUT2D eigenvalue weighted by Crippen LogP contribution is 2.26. The van der Waals surface area contributed by atoms with Crippen LogP contribution in [0.25, 0.3) is 0 Å². The summed E-state index contributed by atoms with van der Waals surface area (Å²) in [5.41, 5.74) is -0.380. The minimum Gasteiger partial charge on any atom is -0.506 e. The van der Waals surface area contributed by atoms with E-state index in [1.807, 2.05) is 0 Å². The number of phenolic OH excluding ortho intramolecular Hbond substituents is 1. The number of rotatable bonds is 4. The van der Waals surface area contributed by atoms with Crippen molar-refractivity contribution in [1.82, 2.24) is 9.97 Å². The quantitative estimate of drug-likeness (QED) is 0.608. The first-order chi connectivity index (χ1) is 8.90. The van der Waals surface area contributed by atoms with Crippen molar-refractivity contribution in [2.75, 3.05) is 4.72 Å². The third kappa shape index (κ3) is 2.65. The van der Waals surface area contributed by atoms with Gasteiger partial charge in [0.1, 0.15) is 5.75 Å². The maximum atomic E-state index is 11.9. The third-order valence-corrected chi connectivity index (χ3v) is 3.54. The predicted molar refractivity (Wildman–Crippen MR) is 64.5 cm³/mol. The van der Waals surface area contributed by atoms with Gasteiger partial charge in [0.2, 0.25) is 0 Å². The smallest absolute Gasteiger partial charge is 0.335 e. The average molecular weight is 283 g/mol. The van der Waals surface area contributed by atoms with Crippen LogP contribution in [0, 0.1) is 0 Å². The topological polar surface area (TPSA) is 132 Å².